The van der Waals surface area contributed by atoms with Crippen LogP contribution < -0.4 is 0 Å². The Morgan fingerprint density at radius 2 is 1.32 bits per heavy atom. The Balaban J connectivity index is 2.57. The molecule has 0 heterocycles. The summed E-state index contributed by atoms with van der Waals surface area (Å²) in [5, 5.41) is 3.52. The maximum atomic E-state index is 2.61. The Kier molecular flexibility index (Phi) is 4.05. The summed E-state index contributed by atoms with van der Waals surface area (Å²) in [5.41, 5.74) is 6.42. The van der Waals surface area contributed by atoms with Crippen molar-refractivity contribution in [2.45, 2.75) is 66.5 Å². The molecule has 2 aliphatic carbocycles. The van der Waals surface area contributed by atoms with E-state index in [1.165, 1.54) is 25.3 Å². The van der Waals surface area contributed by atoms with Crippen LogP contribution in [0.2, 0.25) is 12.6 Å². The van der Waals surface area contributed by atoms with E-state index in [9.17, 15) is 0 Å². The van der Waals surface area contributed by atoms with Crippen molar-refractivity contribution in [3.8, 4) is 0 Å². The van der Waals surface area contributed by atoms with Gasteiger partial charge in [-0.15, -0.1) is 0 Å². The highest BCUT2D eigenvalue weighted by atomic mass is 28.3. The first kappa shape index (κ1) is 14.6. The molecule has 0 saturated heterocycles. The van der Waals surface area contributed by atoms with Crippen LogP contribution in [0.3, 0.4) is 0 Å². The van der Waals surface area contributed by atoms with Gasteiger partial charge in [0.2, 0.25) is 0 Å². The van der Waals surface area contributed by atoms with E-state index in [4.69, 9.17) is 0 Å². The van der Waals surface area contributed by atoms with Crippen molar-refractivity contribution in [2.24, 2.45) is 0 Å². The van der Waals surface area contributed by atoms with Crippen molar-refractivity contribution in [1.82, 2.24) is 0 Å². The third-order valence-corrected chi connectivity index (χ3v) is 10.3. The first-order chi connectivity index (χ1) is 8.91. The summed E-state index contributed by atoms with van der Waals surface area (Å²) < 4.78 is 0. The molecule has 0 aliphatic heterocycles. The number of hydrogen-bond donors (Lipinski definition) is 0. The smallest absolute Gasteiger partial charge is 0.0776 e. The maximum Gasteiger partial charge on any atom is 0.115 e. The van der Waals surface area contributed by atoms with Crippen molar-refractivity contribution in [3.05, 3.63) is 44.8 Å². The molecule has 104 valence electrons. The van der Waals surface area contributed by atoms with Crippen LogP contribution in [-0.2, 0) is 0 Å². The lowest BCUT2D eigenvalue weighted by molar-refractivity contribution is 1.04. The van der Waals surface area contributed by atoms with E-state index in [2.05, 4.69) is 53.3 Å². The molecular formula is C18H28Si. The van der Waals surface area contributed by atoms with Crippen LogP contribution in [0, 0.1) is 0 Å². The summed E-state index contributed by atoms with van der Waals surface area (Å²) in [5.74, 6) is 0. The van der Waals surface area contributed by atoms with E-state index in [1.54, 1.807) is 32.7 Å². The molecular weight excluding hydrogens is 244 g/mol. The minimum absolute atomic E-state index is 1.18. The molecule has 0 amide bonds. The van der Waals surface area contributed by atoms with Gasteiger partial charge in [-0.1, -0.05) is 64.7 Å². The third-order valence-electron chi connectivity index (χ3n) is 4.92. The fourth-order valence-corrected chi connectivity index (χ4v) is 10.2. The number of hydrogen-bond acceptors (Lipinski definition) is 0. The second kappa shape index (κ2) is 5.28. The van der Waals surface area contributed by atoms with Gasteiger partial charge in [-0.3, -0.25) is 0 Å². The van der Waals surface area contributed by atoms with E-state index in [-0.39, 0.29) is 0 Å². The minimum Gasteiger partial charge on any atom is -0.0776 e. The second-order valence-electron chi connectivity index (χ2n) is 6.58. The highest BCUT2D eigenvalue weighted by Crippen LogP contribution is 2.45. The Morgan fingerprint density at radius 3 is 1.58 bits per heavy atom. The number of rotatable bonds is 4. The fourth-order valence-electron chi connectivity index (χ4n) is 4.38. The third kappa shape index (κ3) is 2.33. The molecule has 0 radical (unpaired) electrons. The van der Waals surface area contributed by atoms with E-state index < -0.39 is 8.07 Å². The van der Waals surface area contributed by atoms with Crippen molar-refractivity contribution < 1.29 is 0 Å². The molecule has 2 aliphatic rings. The van der Waals surface area contributed by atoms with E-state index in [0.29, 0.717) is 0 Å². The van der Waals surface area contributed by atoms with Crippen LogP contribution in [0.5, 0.6) is 0 Å². The normalized spacial score (nSPS) is 20.3. The molecule has 0 saturated carbocycles. The highest BCUT2D eigenvalue weighted by molar-refractivity contribution is 6.93. The van der Waals surface area contributed by atoms with Gasteiger partial charge in [0.15, 0.2) is 0 Å². The lowest BCUT2D eigenvalue weighted by Gasteiger charge is -2.34. The predicted octanol–water partition coefficient (Wildman–Crippen LogP) is 5.89. The van der Waals surface area contributed by atoms with Crippen LogP contribution in [0.25, 0.3) is 0 Å². The minimum atomic E-state index is -1.51. The van der Waals surface area contributed by atoms with Gasteiger partial charge in [-0.25, -0.2) is 0 Å². The van der Waals surface area contributed by atoms with Crippen LogP contribution >= 0.6 is 0 Å². The van der Waals surface area contributed by atoms with Gasteiger partial charge in [-0.05, 0) is 46.6 Å². The zero-order chi connectivity index (χ0) is 14.2. The second-order valence-corrected chi connectivity index (χ2v) is 10.7. The molecule has 0 atom stereocenters. The summed E-state index contributed by atoms with van der Waals surface area (Å²) in [7, 11) is -1.51. The standard InChI is InChI=1S/C18H28Si/c1-7-12-19(6,17-13(2)8-9-14(17)3)18-15(4)10-11-16(18)5/h8,10H,7,9,11-12H2,1-6H3. The lowest BCUT2D eigenvalue weighted by atomic mass is 10.2. The quantitative estimate of drug-likeness (QED) is 0.560. The summed E-state index contributed by atoms with van der Waals surface area (Å²) in [6, 6.07) is 1.39. The Labute approximate surface area is 120 Å². The van der Waals surface area contributed by atoms with Gasteiger partial charge >= 0.3 is 0 Å². The SMILES string of the molecule is CCC[Si](C)(C1=C(C)CC=C1C)C1=C(C)CC=C1C. The van der Waals surface area contributed by atoms with E-state index in [1.807, 2.05) is 0 Å². The zero-order valence-corrected chi connectivity index (χ0v) is 14.5. The molecule has 1 heteroatoms. The summed E-state index contributed by atoms with van der Waals surface area (Å²) in [6.45, 7) is 14.3. The largest absolute Gasteiger partial charge is 0.115 e. The molecule has 0 fully saturated rings. The van der Waals surface area contributed by atoms with Gasteiger partial charge in [0.1, 0.15) is 8.07 Å². The average Bonchev–Trinajstić information content (AvgIpc) is 2.83. The Bertz CT molecular complexity index is 470. The molecule has 0 nitrogen and oxygen atoms in total. The molecule has 0 unspecified atom stereocenters. The molecule has 19 heavy (non-hydrogen) atoms. The van der Waals surface area contributed by atoms with E-state index in [0.717, 1.165) is 0 Å². The van der Waals surface area contributed by atoms with E-state index >= 15 is 0 Å². The van der Waals surface area contributed by atoms with Gasteiger partial charge in [-0.2, -0.15) is 0 Å². The number of allylic oxidation sites excluding steroid dienone is 8. The molecule has 0 aromatic rings. The van der Waals surface area contributed by atoms with Crippen LogP contribution in [-0.4, -0.2) is 8.07 Å². The van der Waals surface area contributed by atoms with Crippen molar-refractivity contribution in [3.63, 3.8) is 0 Å². The molecule has 0 aromatic carbocycles. The van der Waals surface area contributed by atoms with Gasteiger partial charge in [0.05, 0.1) is 0 Å². The van der Waals surface area contributed by atoms with Gasteiger partial charge in [0, 0.05) is 0 Å². The van der Waals surface area contributed by atoms with Crippen molar-refractivity contribution >= 4 is 8.07 Å². The highest BCUT2D eigenvalue weighted by Gasteiger charge is 2.40. The molecule has 0 spiro atoms. The lowest BCUT2D eigenvalue weighted by Crippen LogP contribution is -2.37. The predicted molar refractivity (Wildman–Crippen MR) is 88.9 cm³/mol. The average molecular weight is 273 g/mol. The molecule has 2 rings (SSSR count). The topological polar surface area (TPSA) is 0 Å². The van der Waals surface area contributed by atoms with Gasteiger partial charge in [0.25, 0.3) is 0 Å². The van der Waals surface area contributed by atoms with Crippen molar-refractivity contribution in [2.75, 3.05) is 0 Å². The van der Waals surface area contributed by atoms with Crippen LogP contribution in [0.15, 0.2) is 44.8 Å². The monoisotopic (exact) mass is 272 g/mol. The maximum absolute atomic E-state index is 2.61. The molecule has 0 bridgehead atoms. The summed E-state index contributed by atoms with van der Waals surface area (Å²) in [4.78, 5) is 0. The molecule has 0 aromatic heterocycles. The summed E-state index contributed by atoms with van der Waals surface area (Å²) in [6.07, 6.45) is 8.55. The molecule has 0 N–H and O–H groups in total. The van der Waals surface area contributed by atoms with Crippen LogP contribution in [0.1, 0.15) is 53.9 Å². The zero-order valence-electron chi connectivity index (χ0n) is 13.5. The first-order valence-electron chi connectivity index (χ1n) is 7.66. The van der Waals surface area contributed by atoms with Crippen LogP contribution in [0.4, 0.5) is 0 Å². The first-order valence-corrected chi connectivity index (χ1v) is 10.4. The van der Waals surface area contributed by atoms with Crippen molar-refractivity contribution in [1.29, 1.82) is 0 Å². The fraction of sp³-hybridized carbons (Fsp3) is 0.556. The Hall–Kier alpha value is -0.823. The Morgan fingerprint density at radius 1 is 0.895 bits per heavy atom. The van der Waals surface area contributed by atoms with Gasteiger partial charge < -0.3 is 0 Å². The summed E-state index contributed by atoms with van der Waals surface area (Å²) >= 11 is 0.